The van der Waals surface area contributed by atoms with Crippen LogP contribution >= 0.6 is 11.6 Å². The summed E-state index contributed by atoms with van der Waals surface area (Å²) in [7, 11) is -2.81. The Bertz CT molecular complexity index is 1250. The van der Waals surface area contributed by atoms with Crippen LogP contribution in [0.3, 0.4) is 0 Å². The summed E-state index contributed by atoms with van der Waals surface area (Å²) in [5.41, 5.74) is 2.00. The molecule has 1 aromatic heterocycles. The van der Waals surface area contributed by atoms with Crippen molar-refractivity contribution in [2.24, 2.45) is 0 Å². The van der Waals surface area contributed by atoms with Gasteiger partial charge in [-0.3, -0.25) is 4.31 Å². The molecule has 0 saturated carbocycles. The molecule has 0 saturated heterocycles. The standard InChI is InChI=1S/C24H25ClN2O6S/c1-16-12-21(27(14-17(2)28)34(30,31)23-6-4-5-11-26-23)22(13-20(16)25)33-15-18-7-9-19(10-8-18)24(29)32-3/h4-13,17,28H,14-15H2,1-3H3. The van der Waals surface area contributed by atoms with Gasteiger partial charge in [0.2, 0.25) is 0 Å². The zero-order valence-electron chi connectivity index (χ0n) is 18.9. The minimum atomic E-state index is -4.11. The third kappa shape index (κ3) is 5.85. The number of methoxy groups -OCH3 is 1. The molecule has 180 valence electrons. The number of benzene rings is 2. The molecule has 8 nitrogen and oxygen atoms in total. The van der Waals surface area contributed by atoms with Gasteiger partial charge in [-0.2, -0.15) is 8.42 Å². The van der Waals surface area contributed by atoms with E-state index in [1.165, 1.54) is 32.4 Å². The molecule has 0 bridgehead atoms. The number of hydrogen-bond donors (Lipinski definition) is 1. The predicted molar refractivity (Wildman–Crippen MR) is 129 cm³/mol. The van der Waals surface area contributed by atoms with Crippen molar-refractivity contribution in [2.75, 3.05) is 18.0 Å². The highest BCUT2D eigenvalue weighted by Gasteiger charge is 2.30. The third-order valence-electron chi connectivity index (χ3n) is 4.90. The molecule has 0 aliphatic carbocycles. The normalized spacial score (nSPS) is 12.1. The fraction of sp³-hybridized carbons (Fsp3) is 0.250. The molecular weight excluding hydrogens is 480 g/mol. The number of carbonyl (C=O) groups excluding carboxylic acids is 1. The topological polar surface area (TPSA) is 106 Å². The van der Waals surface area contributed by atoms with Gasteiger partial charge in [0.25, 0.3) is 10.0 Å². The SMILES string of the molecule is COC(=O)c1ccc(COc2cc(Cl)c(C)cc2N(CC(C)O)S(=O)(=O)c2ccccn2)cc1. The number of aromatic nitrogens is 1. The second-order valence-electron chi connectivity index (χ2n) is 7.60. The van der Waals surface area contributed by atoms with Crippen LogP contribution in [0.15, 0.2) is 65.8 Å². The molecule has 0 spiro atoms. The Morgan fingerprint density at radius 1 is 1.18 bits per heavy atom. The lowest BCUT2D eigenvalue weighted by Gasteiger charge is -2.27. The Balaban J connectivity index is 1.99. The maximum atomic E-state index is 13.4. The zero-order valence-corrected chi connectivity index (χ0v) is 20.5. The molecule has 0 amide bonds. The van der Waals surface area contributed by atoms with Gasteiger partial charge in [-0.15, -0.1) is 0 Å². The van der Waals surface area contributed by atoms with Gasteiger partial charge in [0.1, 0.15) is 12.4 Å². The van der Waals surface area contributed by atoms with Crippen molar-refractivity contribution >= 4 is 33.3 Å². The van der Waals surface area contributed by atoms with Crippen molar-refractivity contribution in [1.29, 1.82) is 0 Å². The van der Waals surface area contributed by atoms with Crippen LogP contribution in [0, 0.1) is 6.92 Å². The molecular formula is C24H25ClN2O6S. The smallest absolute Gasteiger partial charge is 0.337 e. The first-order chi connectivity index (χ1) is 16.1. The molecule has 1 atom stereocenters. The average Bonchev–Trinajstić information content (AvgIpc) is 2.83. The van der Waals surface area contributed by atoms with Crippen LogP contribution in [0.2, 0.25) is 5.02 Å². The summed E-state index contributed by atoms with van der Waals surface area (Å²) in [6, 6.07) is 14.3. The second-order valence-corrected chi connectivity index (χ2v) is 9.82. The van der Waals surface area contributed by atoms with Crippen LogP contribution in [-0.4, -0.2) is 44.2 Å². The highest BCUT2D eigenvalue weighted by Crippen LogP contribution is 2.37. The highest BCUT2D eigenvalue weighted by atomic mass is 35.5. The van der Waals surface area contributed by atoms with Crippen molar-refractivity contribution in [3.63, 3.8) is 0 Å². The molecule has 1 N–H and O–H groups in total. The quantitative estimate of drug-likeness (QED) is 0.439. The van der Waals surface area contributed by atoms with Gasteiger partial charge in [-0.05, 0) is 55.3 Å². The predicted octanol–water partition coefficient (Wildman–Crippen LogP) is 3.99. The lowest BCUT2D eigenvalue weighted by molar-refractivity contribution is 0.0600. The van der Waals surface area contributed by atoms with E-state index in [4.69, 9.17) is 21.1 Å². The first-order valence-electron chi connectivity index (χ1n) is 10.4. The van der Waals surface area contributed by atoms with Crippen LogP contribution < -0.4 is 9.04 Å². The molecule has 3 aromatic rings. The lowest BCUT2D eigenvalue weighted by Crippen LogP contribution is -2.37. The molecule has 34 heavy (non-hydrogen) atoms. The van der Waals surface area contributed by atoms with E-state index in [0.717, 1.165) is 9.87 Å². The maximum absolute atomic E-state index is 13.4. The number of aliphatic hydroxyl groups excluding tert-OH is 1. The van der Waals surface area contributed by atoms with Crippen molar-refractivity contribution < 1.29 is 27.8 Å². The third-order valence-corrected chi connectivity index (χ3v) is 7.00. The minimum Gasteiger partial charge on any atom is -0.487 e. The Morgan fingerprint density at radius 3 is 2.47 bits per heavy atom. The van der Waals surface area contributed by atoms with E-state index in [-0.39, 0.29) is 29.6 Å². The Morgan fingerprint density at radius 2 is 1.88 bits per heavy atom. The second kappa shape index (κ2) is 10.9. The highest BCUT2D eigenvalue weighted by molar-refractivity contribution is 7.92. The van der Waals surface area contributed by atoms with Crippen LogP contribution in [0.4, 0.5) is 5.69 Å². The van der Waals surface area contributed by atoms with Crippen LogP contribution in [0.5, 0.6) is 5.75 Å². The number of esters is 1. The number of ether oxygens (including phenoxy) is 2. The van der Waals surface area contributed by atoms with E-state index in [0.29, 0.717) is 16.1 Å². The molecule has 3 rings (SSSR count). The number of sulfonamides is 1. The summed E-state index contributed by atoms with van der Waals surface area (Å²) in [5, 5.41) is 10.3. The summed E-state index contributed by atoms with van der Waals surface area (Å²) in [6.45, 7) is 3.10. The fourth-order valence-electron chi connectivity index (χ4n) is 3.15. The van der Waals surface area contributed by atoms with Gasteiger partial charge in [0.05, 0.1) is 31.0 Å². The first-order valence-corrected chi connectivity index (χ1v) is 12.2. The van der Waals surface area contributed by atoms with Crippen LogP contribution in [-0.2, 0) is 21.4 Å². The van der Waals surface area contributed by atoms with Crippen molar-refractivity contribution in [3.05, 3.63) is 82.5 Å². The molecule has 0 fully saturated rings. The average molecular weight is 505 g/mol. The summed E-state index contributed by atoms with van der Waals surface area (Å²) in [5.74, 6) is -0.235. The van der Waals surface area contributed by atoms with Crippen LogP contribution in [0.1, 0.15) is 28.4 Å². The number of aryl methyl sites for hydroxylation is 1. The van der Waals surface area contributed by atoms with Gasteiger partial charge < -0.3 is 14.6 Å². The van der Waals surface area contributed by atoms with E-state index >= 15 is 0 Å². The van der Waals surface area contributed by atoms with E-state index in [9.17, 15) is 18.3 Å². The number of hydrogen-bond acceptors (Lipinski definition) is 7. The van der Waals surface area contributed by atoms with E-state index < -0.39 is 22.1 Å². The number of aliphatic hydroxyl groups is 1. The number of carbonyl (C=O) groups is 1. The summed E-state index contributed by atoms with van der Waals surface area (Å²) >= 11 is 6.32. The van der Waals surface area contributed by atoms with Crippen molar-refractivity contribution in [2.45, 2.75) is 31.6 Å². The van der Waals surface area contributed by atoms with Gasteiger partial charge >= 0.3 is 5.97 Å². The number of halogens is 1. The monoisotopic (exact) mass is 504 g/mol. The van der Waals surface area contributed by atoms with Gasteiger partial charge in [0.15, 0.2) is 5.03 Å². The van der Waals surface area contributed by atoms with Crippen LogP contribution in [0.25, 0.3) is 0 Å². The lowest BCUT2D eigenvalue weighted by atomic mass is 10.1. The number of nitrogens with zero attached hydrogens (tertiary/aromatic N) is 2. The molecule has 2 aromatic carbocycles. The van der Waals surface area contributed by atoms with Crippen molar-refractivity contribution in [3.8, 4) is 5.75 Å². The fourth-order valence-corrected chi connectivity index (χ4v) is 4.79. The zero-order chi connectivity index (χ0) is 24.9. The summed E-state index contributed by atoms with van der Waals surface area (Å²) in [4.78, 5) is 15.6. The minimum absolute atomic E-state index is 0.0833. The number of anilines is 1. The number of rotatable bonds is 9. The van der Waals surface area contributed by atoms with E-state index in [2.05, 4.69) is 4.98 Å². The van der Waals surface area contributed by atoms with Gasteiger partial charge in [-0.1, -0.05) is 29.8 Å². The molecule has 1 unspecified atom stereocenters. The summed E-state index contributed by atoms with van der Waals surface area (Å²) in [6.07, 6.45) is 0.420. The Kier molecular flexibility index (Phi) is 8.14. The molecule has 10 heteroatoms. The molecule has 0 radical (unpaired) electrons. The summed E-state index contributed by atoms with van der Waals surface area (Å²) < 4.78 is 38.6. The van der Waals surface area contributed by atoms with Gasteiger partial charge in [0, 0.05) is 17.3 Å². The van der Waals surface area contributed by atoms with E-state index in [1.54, 1.807) is 49.4 Å². The van der Waals surface area contributed by atoms with Crippen molar-refractivity contribution in [1.82, 2.24) is 4.98 Å². The molecule has 0 aliphatic heterocycles. The molecule has 1 heterocycles. The number of pyridine rings is 1. The Hall–Kier alpha value is -3.14. The van der Waals surface area contributed by atoms with E-state index in [1.807, 2.05) is 0 Å². The Labute approximate surface area is 203 Å². The largest absolute Gasteiger partial charge is 0.487 e. The maximum Gasteiger partial charge on any atom is 0.337 e. The molecule has 0 aliphatic rings. The van der Waals surface area contributed by atoms with Gasteiger partial charge in [-0.25, -0.2) is 9.78 Å². The first kappa shape index (κ1) is 25.5.